The topological polar surface area (TPSA) is 34.2 Å². The highest BCUT2D eigenvalue weighted by atomic mass is 19.1. The lowest BCUT2D eigenvalue weighted by atomic mass is 10.2. The summed E-state index contributed by atoms with van der Waals surface area (Å²) in [4.78, 5) is 4.07. The Hall–Kier alpha value is -1.94. The Morgan fingerprint density at radius 3 is 2.86 bits per heavy atom. The number of hydrogen-bond donors (Lipinski definition) is 1. The maximum absolute atomic E-state index is 13.4. The lowest BCUT2D eigenvalue weighted by Gasteiger charge is -2.11. The van der Waals surface area contributed by atoms with E-state index in [-0.39, 0.29) is 5.82 Å². The van der Waals surface area contributed by atoms with Gasteiger partial charge in [0, 0.05) is 12.1 Å². The fraction of sp³-hybridized carbons (Fsp3) is 0.353. The Bertz CT molecular complexity index is 587. The van der Waals surface area contributed by atoms with Crippen LogP contribution in [0.1, 0.15) is 31.4 Å². The van der Waals surface area contributed by atoms with E-state index in [9.17, 15) is 4.39 Å². The molecule has 0 unspecified atom stereocenters. The van der Waals surface area contributed by atoms with Crippen molar-refractivity contribution >= 4 is 0 Å². The van der Waals surface area contributed by atoms with Crippen LogP contribution in [0.25, 0.3) is 0 Å². The third-order valence-electron chi connectivity index (χ3n) is 3.16. The van der Waals surface area contributed by atoms with Crippen LogP contribution >= 0.6 is 0 Å². The van der Waals surface area contributed by atoms with Gasteiger partial charge in [-0.1, -0.05) is 26.0 Å². The van der Waals surface area contributed by atoms with Gasteiger partial charge in [0.25, 0.3) is 0 Å². The standard InChI is InChI=1S/C17H21FN2O/c1-3-8-19-11-14-10-15(18)12-20-17(14)21-16-7-5-6-13(4-2)9-16/h5-7,9-10,12,19H,3-4,8,11H2,1-2H3. The summed E-state index contributed by atoms with van der Waals surface area (Å²) >= 11 is 0. The molecule has 2 aromatic rings. The quantitative estimate of drug-likeness (QED) is 0.780. The molecule has 0 atom stereocenters. The Morgan fingerprint density at radius 1 is 1.24 bits per heavy atom. The number of nitrogens with zero attached hydrogens (tertiary/aromatic N) is 1. The van der Waals surface area contributed by atoms with Crippen LogP contribution in [0, 0.1) is 5.82 Å². The summed E-state index contributed by atoms with van der Waals surface area (Å²) in [5.74, 6) is 0.830. The van der Waals surface area contributed by atoms with Crippen LogP contribution < -0.4 is 10.1 Å². The molecular formula is C17H21FN2O. The van der Waals surface area contributed by atoms with Crippen LogP contribution in [0.4, 0.5) is 4.39 Å². The third kappa shape index (κ3) is 4.53. The summed E-state index contributed by atoms with van der Waals surface area (Å²) in [5, 5.41) is 3.24. The number of hydrogen-bond acceptors (Lipinski definition) is 3. The molecule has 3 nitrogen and oxygen atoms in total. The monoisotopic (exact) mass is 288 g/mol. The first-order valence-corrected chi connectivity index (χ1v) is 7.34. The SMILES string of the molecule is CCCNCc1cc(F)cnc1Oc1cccc(CC)c1. The van der Waals surface area contributed by atoms with E-state index in [1.54, 1.807) is 0 Å². The van der Waals surface area contributed by atoms with Gasteiger partial charge in [-0.25, -0.2) is 9.37 Å². The van der Waals surface area contributed by atoms with Crippen molar-refractivity contribution in [3.8, 4) is 11.6 Å². The van der Waals surface area contributed by atoms with Gasteiger partial charge in [-0.05, 0) is 43.1 Å². The minimum atomic E-state index is -0.349. The van der Waals surface area contributed by atoms with Gasteiger partial charge in [-0.2, -0.15) is 0 Å². The van der Waals surface area contributed by atoms with Crippen molar-refractivity contribution in [2.24, 2.45) is 0 Å². The van der Waals surface area contributed by atoms with Crippen molar-refractivity contribution in [1.82, 2.24) is 10.3 Å². The predicted molar refractivity (Wildman–Crippen MR) is 82.1 cm³/mol. The molecule has 0 aliphatic carbocycles. The average molecular weight is 288 g/mol. The molecule has 0 saturated heterocycles. The molecule has 1 N–H and O–H groups in total. The molecule has 0 saturated carbocycles. The number of aryl methyl sites for hydroxylation is 1. The second kappa shape index (κ2) is 7.74. The van der Waals surface area contributed by atoms with E-state index in [1.807, 2.05) is 18.2 Å². The van der Waals surface area contributed by atoms with Gasteiger partial charge < -0.3 is 10.1 Å². The lowest BCUT2D eigenvalue weighted by molar-refractivity contribution is 0.448. The lowest BCUT2D eigenvalue weighted by Crippen LogP contribution is -2.15. The second-order valence-corrected chi connectivity index (χ2v) is 4.90. The first-order valence-electron chi connectivity index (χ1n) is 7.34. The summed E-state index contributed by atoms with van der Waals surface area (Å²) in [7, 11) is 0. The number of ether oxygens (including phenoxy) is 1. The molecule has 0 radical (unpaired) electrons. The van der Waals surface area contributed by atoms with Crippen molar-refractivity contribution in [2.75, 3.05) is 6.54 Å². The van der Waals surface area contributed by atoms with Gasteiger partial charge >= 0.3 is 0 Å². The number of halogens is 1. The summed E-state index contributed by atoms with van der Waals surface area (Å²) in [6.07, 6.45) is 3.15. The number of aromatic nitrogens is 1. The highest BCUT2D eigenvalue weighted by Gasteiger charge is 2.08. The summed E-state index contributed by atoms with van der Waals surface area (Å²) in [5.41, 5.74) is 1.92. The maximum atomic E-state index is 13.4. The van der Waals surface area contributed by atoms with E-state index in [2.05, 4.69) is 30.2 Å². The van der Waals surface area contributed by atoms with Crippen LogP contribution in [-0.2, 0) is 13.0 Å². The van der Waals surface area contributed by atoms with Crippen LogP contribution in [0.2, 0.25) is 0 Å². The molecule has 4 heteroatoms. The van der Waals surface area contributed by atoms with Crippen LogP contribution in [-0.4, -0.2) is 11.5 Å². The number of rotatable bonds is 7. The zero-order valence-corrected chi connectivity index (χ0v) is 12.5. The molecule has 21 heavy (non-hydrogen) atoms. The maximum Gasteiger partial charge on any atom is 0.223 e. The largest absolute Gasteiger partial charge is 0.439 e. The molecule has 112 valence electrons. The smallest absolute Gasteiger partial charge is 0.223 e. The van der Waals surface area contributed by atoms with Crippen LogP contribution in [0.5, 0.6) is 11.6 Å². The zero-order chi connectivity index (χ0) is 15.1. The first-order chi connectivity index (χ1) is 10.2. The van der Waals surface area contributed by atoms with Crippen molar-refractivity contribution in [2.45, 2.75) is 33.2 Å². The van der Waals surface area contributed by atoms with E-state index in [0.29, 0.717) is 12.4 Å². The molecule has 0 aliphatic rings. The summed E-state index contributed by atoms with van der Waals surface area (Å²) in [6.45, 7) is 5.60. The molecule has 0 spiro atoms. The Morgan fingerprint density at radius 2 is 2.10 bits per heavy atom. The van der Waals surface area contributed by atoms with Crippen LogP contribution in [0.15, 0.2) is 36.5 Å². The zero-order valence-electron chi connectivity index (χ0n) is 12.5. The minimum absolute atomic E-state index is 0.349. The van der Waals surface area contributed by atoms with E-state index in [1.165, 1.54) is 17.8 Å². The Labute approximate surface area is 125 Å². The number of pyridine rings is 1. The highest BCUT2D eigenvalue weighted by Crippen LogP contribution is 2.24. The molecule has 2 rings (SSSR count). The van der Waals surface area contributed by atoms with Gasteiger partial charge in [0.15, 0.2) is 0 Å². The highest BCUT2D eigenvalue weighted by molar-refractivity contribution is 5.35. The predicted octanol–water partition coefficient (Wildman–Crippen LogP) is 4.08. The van der Waals surface area contributed by atoms with E-state index in [4.69, 9.17) is 4.74 Å². The van der Waals surface area contributed by atoms with Crippen molar-refractivity contribution in [1.29, 1.82) is 0 Å². The van der Waals surface area contributed by atoms with Gasteiger partial charge in [0.05, 0.1) is 6.20 Å². The van der Waals surface area contributed by atoms with E-state index in [0.717, 1.165) is 30.7 Å². The summed E-state index contributed by atoms with van der Waals surface area (Å²) in [6, 6.07) is 9.33. The third-order valence-corrected chi connectivity index (χ3v) is 3.16. The molecule has 1 heterocycles. The first kappa shape index (κ1) is 15.4. The Kier molecular flexibility index (Phi) is 5.69. The normalized spacial score (nSPS) is 10.6. The van der Waals surface area contributed by atoms with Gasteiger partial charge in [0.1, 0.15) is 11.6 Å². The van der Waals surface area contributed by atoms with Crippen molar-refractivity contribution < 1.29 is 9.13 Å². The molecule has 0 aliphatic heterocycles. The molecule has 0 amide bonds. The molecular weight excluding hydrogens is 267 g/mol. The number of benzene rings is 1. The average Bonchev–Trinajstić information content (AvgIpc) is 2.50. The molecule has 0 bridgehead atoms. The molecule has 0 fully saturated rings. The molecule has 1 aromatic heterocycles. The number of nitrogens with one attached hydrogen (secondary N) is 1. The minimum Gasteiger partial charge on any atom is -0.439 e. The fourth-order valence-corrected chi connectivity index (χ4v) is 2.03. The summed E-state index contributed by atoms with van der Waals surface area (Å²) < 4.78 is 19.2. The van der Waals surface area contributed by atoms with Gasteiger partial charge in [0.2, 0.25) is 5.88 Å². The van der Waals surface area contributed by atoms with Crippen molar-refractivity contribution in [3.05, 3.63) is 53.5 Å². The van der Waals surface area contributed by atoms with Crippen LogP contribution in [0.3, 0.4) is 0 Å². The van der Waals surface area contributed by atoms with E-state index >= 15 is 0 Å². The van der Waals surface area contributed by atoms with E-state index < -0.39 is 0 Å². The van der Waals surface area contributed by atoms with Gasteiger partial charge in [-0.3, -0.25) is 0 Å². The second-order valence-electron chi connectivity index (χ2n) is 4.90. The fourth-order valence-electron chi connectivity index (χ4n) is 2.03. The Balaban J connectivity index is 2.17. The van der Waals surface area contributed by atoms with Gasteiger partial charge in [-0.15, -0.1) is 0 Å². The van der Waals surface area contributed by atoms with Crippen molar-refractivity contribution in [3.63, 3.8) is 0 Å². The molecule has 1 aromatic carbocycles.